The van der Waals surface area contributed by atoms with E-state index in [4.69, 9.17) is 4.74 Å². The molecule has 3 aromatic carbocycles. The number of aryl methyl sites for hydroxylation is 1. The van der Waals surface area contributed by atoms with Gasteiger partial charge in [0.25, 0.3) is 0 Å². The molecule has 2 amide bonds. The van der Waals surface area contributed by atoms with Crippen LogP contribution in [0.4, 0.5) is 11.4 Å². The first-order valence-corrected chi connectivity index (χ1v) is 9.59. The van der Waals surface area contributed by atoms with Gasteiger partial charge < -0.3 is 15.0 Å². The Labute approximate surface area is 169 Å². The molecule has 4 rings (SSSR count). The van der Waals surface area contributed by atoms with Gasteiger partial charge in [-0.1, -0.05) is 35.9 Å². The van der Waals surface area contributed by atoms with E-state index in [1.807, 2.05) is 61.5 Å². The minimum absolute atomic E-state index is 0.0272. The van der Waals surface area contributed by atoms with Crippen molar-refractivity contribution in [2.24, 2.45) is 5.92 Å². The number of hydrogen-bond donors (Lipinski definition) is 1. The zero-order valence-corrected chi connectivity index (χ0v) is 16.2. The molecule has 0 bridgehead atoms. The van der Waals surface area contributed by atoms with Gasteiger partial charge in [0.1, 0.15) is 11.5 Å². The molecule has 29 heavy (non-hydrogen) atoms. The maximum absolute atomic E-state index is 12.6. The molecule has 0 spiro atoms. The van der Waals surface area contributed by atoms with Gasteiger partial charge in [0.2, 0.25) is 11.8 Å². The summed E-state index contributed by atoms with van der Waals surface area (Å²) < 4.78 is 5.76. The minimum atomic E-state index is -0.371. The Bertz CT molecular complexity index is 999. The van der Waals surface area contributed by atoms with E-state index in [1.54, 1.807) is 29.2 Å². The van der Waals surface area contributed by atoms with Crippen molar-refractivity contribution in [3.63, 3.8) is 0 Å². The van der Waals surface area contributed by atoms with Crippen molar-refractivity contribution in [1.82, 2.24) is 0 Å². The van der Waals surface area contributed by atoms with E-state index in [9.17, 15) is 9.59 Å². The first kappa shape index (κ1) is 18.7. The van der Waals surface area contributed by atoms with Crippen LogP contribution in [-0.4, -0.2) is 18.4 Å². The number of nitrogens with one attached hydrogen (secondary N) is 1. The number of rotatable bonds is 5. The Hall–Kier alpha value is -3.60. The van der Waals surface area contributed by atoms with Gasteiger partial charge in [-0.25, -0.2) is 0 Å². The highest BCUT2D eigenvalue weighted by molar-refractivity contribution is 6.03. The van der Waals surface area contributed by atoms with E-state index < -0.39 is 0 Å². The fourth-order valence-electron chi connectivity index (χ4n) is 3.33. The second-order valence-electron chi connectivity index (χ2n) is 7.17. The number of carbonyl (C=O) groups is 2. The Morgan fingerprint density at radius 3 is 2.28 bits per heavy atom. The molecule has 0 unspecified atom stereocenters. The van der Waals surface area contributed by atoms with Crippen LogP contribution in [0.1, 0.15) is 12.0 Å². The summed E-state index contributed by atoms with van der Waals surface area (Å²) in [5, 5.41) is 2.90. The molecule has 146 valence electrons. The number of anilines is 2. The number of amides is 2. The van der Waals surface area contributed by atoms with E-state index in [2.05, 4.69) is 5.32 Å². The van der Waals surface area contributed by atoms with Gasteiger partial charge in [0.15, 0.2) is 0 Å². The van der Waals surface area contributed by atoms with Crippen LogP contribution >= 0.6 is 0 Å². The van der Waals surface area contributed by atoms with E-state index in [0.29, 0.717) is 18.0 Å². The molecule has 1 N–H and O–H groups in total. The van der Waals surface area contributed by atoms with E-state index in [-0.39, 0.29) is 24.2 Å². The van der Waals surface area contributed by atoms with Crippen LogP contribution < -0.4 is 15.0 Å². The maximum Gasteiger partial charge on any atom is 0.229 e. The van der Waals surface area contributed by atoms with Gasteiger partial charge in [-0.3, -0.25) is 9.59 Å². The second kappa shape index (κ2) is 8.19. The molecule has 3 aromatic rings. The predicted octanol–water partition coefficient (Wildman–Crippen LogP) is 4.78. The van der Waals surface area contributed by atoms with Crippen LogP contribution in [-0.2, 0) is 9.59 Å². The van der Waals surface area contributed by atoms with Crippen LogP contribution in [0.5, 0.6) is 11.5 Å². The molecule has 0 radical (unpaired) electrons. The van der Waals surface area contributed by atoms with Gasteiger partial charge >= 0.3 is 0 Å². The summed E-state index contributed by atoms with van der Waals surface area (Å²) in [6.45, 7) is 2.39. The summed E-state index contributed by atoms with van der Waals surface area (Å²) in [4.78, 5) is 26.7. The van der Waals surface area contributed by atoms with Crippen molar-refractivity contribution in [1.29, 1.82) is 0 Å². The largest absolute Gasteiger partial charge is 0.457 e. The van der Waals surface area contributed by atoms with Crippen LogP contribution in [0.3, 0.4) is 0 Å². The standard InChI is InChI=1S/C24H22N2O3/c1-17-7-11-20(12-8-17)26-16-18(15-23(26)27)24(28)25-19-9-13-22(14-10-19)29-21-5-3-2-4-6-21/h2-14,18H,15-16H2,1H3,(H,25,28)/t18-/m0/s1. The molecule has 0 aliphatic carbocycles. The SMILES string of the molecule is Cc1ccc(N2C[C@@H](C(=O)Nc3ccc(Oc4ccccc4)cc3)CC2=O)cc1. The number of nitrogens with zero attached hydrogens (tertiary/aromatic N) is 1. The molecule has 1 aliphatic rings. The Morgan fingerprint density at radius 1 is 0.931 bits per heavy atom. The highest BCUT2D eigenvalue weighted by Gasteiger charge is 2.35. The normalized spacial score (nSPS) is 16.0. The topological polar surface area (TPSA) is 58.6 Å². The average molecular weight is 386 g/mol. The highest BCUT2D eigenvalue weighted by Crippen LogP contribution is 2.27. The molecule has 5 nitrogen and oxygen atoms in total. The van der Waals surface area contributed by atoms with E-state index in [1.165, 1.54) is 0 Å². The van der Waals surface area contributed by atoms with Crippen molar-refractivity contribution in [2.45, 2.75) is 13.3 Å². The summed E-state index contributed by atoms with van der Waals surface area (Å²) in [6, 6.07) is 24.5. The molecule has 5 heteroatoms. The maximum atomic E-state index is 12.6. The summed E-state index contributed by atoms with van der Waals surface area (Å²) in [7, 11) is 0. The average Bonchev–Trinajstić information content (AvgIpc) is 3.13. The minimum Gasteiger partial charge on any atom is -0.457 e. The first-order chi connectivity index (χ1) is 14.1. The zero-order valence-electron chi connectivity index (χ0n) is 16.2. The molecule has 1 atom stereocenters. The van der Waals surface area contributed by atoms with Gasteiger partial charge in [0.05, 0.1) is 5.92 Å². The van der Waals surface area contributed by atoms with Crippen molar-refractivity contribution in [3.8, 4) is 11.5 Å². The number of benzene rings is 3. The molecule has 1 fully saturated rings. The van der Waals surface area contributed by atoms with Crippen molar-refractivity contribution in [2.75, 3.05) is 16.8 Å². The monoisotopic (exact) mass is 386 g/mol. The lowest BCUT2D eigenvalue weighted by molar-refractivity contribution is -0.122. The highest BCUT2D eigenvalue weighted by atomic mass is 16.5. The van der Waals surface area contributed by atoms with Crippen LogP contribution in [0.15, 0.2) is 78.9 Å². The zero-order chi connectivity index (χ0) is 20.2. The lowest BCUT2D eigenvalue weighted by Gasteiger charge is -2.17. The number of para-hydroxylation sites is 1. The quantitative estimate of drug-likeness (QED) is 0.687. The second-order valence-corrected chi connectivity index (χ2v) is 7.17. The number of carbonyl (C=O) groups excluding carboxylic acids is 2. The summed E-state index contributed by atoms with van der Waals surface area (Å²) in [6.07, 6.45) is 0.217. The lowest BCUT2D eigenvalue weighted by atomic mass is 10.1. The van der Waals surface area contributed by atoms with Crippen LogP contribution in [0, 0.1) is 12.8 Å². The summed E-state index contributed by atoms with van der Waals surface area (Å²) >= 11 is 0. The van der Waals surface area contributed by atoms with E-state index in [0.717, 1.165) is 17.0 Å². The Morgan fingerprint density at radius 2 is 1.59 bits per heavy atom. The molecular formula is C24H22N2O3. The third-order valence-electron chi connectivity index (χ3n) is 4.94. The van der Waals surface area contributed by atoms with Crippen LogP contribution in [0.2, 0.25) is 0 Å². The molecule has 0 saturated carbocycles. The summed E-state index contributed by atoms with van der Waals surface area (Å²) in [5.74, 6) is 0.898. The fraction of sp³-hybridized carbons (Fsp3) is 0.167. The third-order valence-corrected chi connectivity index (χ3v) is 4.94. The summed E-state index contributed by atoms with van der Waals surface area (Å²) in [5.41, 5.74) is 2.64. The molecule has 1 aliphatic heterocycles. The van der Waals surface area contributed by atoms with Gasteiger partial charge in [-0.15, -0.1) is 0 Å². The smallest absolute Gasteiger partial charge is 0.229 e. The molecule has 1 heterocycles. The Kier molecular flexibility index (Phi) is 5.29. The first-order valence-electron chi connectivity index (χ1n) is 9.59. The lowest BCUT2D eigenvalue weighted by Crippen LogP contribution is -2.28. The number of ether oxygens (including phenoxy) is 1. The predicted molar refractivity (Wildman–Crippen MR) is 113 cm³/mol. The van der Waals surface area contributed by atoms with Crippen molar-refractivity contribution >= 4 is 23.2 Å². The molecule has 0 aromatic heterocycles. The van der Waals surface area contributed by atoms with Crippen molar-refractivity contribution < 1.29 is 14.3 Å². The van der Waals surface area contributed by atoms with Gasteiger partial charge in [-0.2, -0.15) is 0 Å². The Balaban J connectivity index is 1.37. The van der Waals surface area contributed by atoms with E-state index >= 15 is 0 Å². The molecule has 1 saturated heterocycles. The number of hydrogen-bond acceptors (Lipinski definition) is 3. The third kappa shape index (κ3) is 4.46. The molecular weight excluding hydrogens is 364 g/mol. The fourth-order valence-corrected chi connectivity index (χ4v) is 3.33. The van der Waals surface area contributed by atoms with Crippen LogP contribution in [0.25, 0.3) is 0 Å². The van der Waals surface area contributed by atoms with Gasteiger partial charge in [-0.05, 0) is 55.5 Å². The van der Waals surface area contributed by atoms with Crippen molar-refractivity contribution in [3.05, 3.63) is 84.4 Å². The van der Waals surface area contributed by atoms with Gasteiger partial charge in [0, 0.05) is 24.3 Å².